The summed E-state index contributed by atoms with van der Waals surface area (Å²) in [6.07, 6.45) is 4.03. The quantitative estimate of drug-likeness (QED) is 0.394. The van der Waals surface area contributed by atoms with Crippen molar-refractivity contribution in [3.8, 4) is 17.3 Å². The highest BCUT2D eigenvalue weighted by atomic mass is 79.9. The van der Waals surface area contributed by atoms with Crippen molar-refractivity contribution < 1.29 is 9.53 Å². The van der Waals surface area contributed by atoms with Crippen LogP contribution in [0.25, 0.3) is 11.5 Å². The Balaban J connectivity index is 1.55. The molecule has 0 fully saturated rings. The van der Waals surface area contributed by atoms with E-state index in [2.05, 4.69) is 52.5 Å². The molecule has 1 aliphatic heterocycles. The largest absolute Gasteiger partial charge is 0.497 e. The molecule has 6 nitrogen and oxygen atoms in total. The summed E-state index contributed by atoms with van der Waals surface area (Å²) in [5.74, 6) is 1.57. The standard InChI is InChI=1S/C25H23BrN4O2/c1-16-6-9-23(17(2)12-16)30-24(28-10-4-5-11-28)20-14-29(15-22(20)27-30)25(31)19-13-18(32-3)7-8-21(19)26/h4-13H,14-15H2,1-3H3. The zero-order valence-electron chi connectivity index (χ0n) is 18.2. The second kappa shape index (κ2) is 7.98. The van der Waals surface area contributed by atoms with E-state index in [4.69, 9.17) is 9.84 Å². The smallest absolute Gasteiger partial charge is 0.255 e. The van der Waals surface area contributed by atoms with Gasteiger partial charge in [0.2, 0.25) is 0 Å². The maximum absolute atomic E-state index is 13.3. The Bertz CT molecular complexity index is 1320. The van der Waals surface area contributed by atoms with Crippen LogP contribution in [0.4, 0.5) is 0 Å². The summed E-state index contributed by atoms with van der Waals surface area (Å²) in [6, 6.07) is 15.8. The summed E-state index contributed by atoms with van der Waals surface area (Å²) < 4.78 is 10.1. The highest BCUT2D eigenvalue weighted by Crippen LogP contribution is 2.33. The van der Waals surface area contributed by atoms with Crippen LogP contribution in [0.5, 0.6) is 5.75 Å². The lowest BCUT2D eigenvalue weighted by molar-refractivity contribution is 0.0748. The van der Waals surface area contributed by atoms with Crippen molar-refractivity contribution in [1.82, 2.24) is 19.2 Å². The molecule has 0 atom stereocenters. The van der Waals surface area contributed by atoms with Gasteiger partial charge in [0, 0.05) is 22.4 Å². The first kappa shape index (κ1) is 20.6. The molecule has 32 heavy (non-hydrogen) atoms. The maximum atomic E-state index is 13.3. The van der Waals surface area contributed by atoms with Gasteiger partial charge >= 0.3 is 0 Å². The Kier molecular flexibility index (Phi) is 5.13. The minimum absolute atomic E-state index is 0.0507. The minimum atomic E-state index is -0.0507. The van der Waals surface area contributed by atoms with Gasteiger partial charge in [-0.05, 0) is 71.7 Å². The van der Waals surface area contributed by atoms with E-state index >= 15 is 0 Å². The number of rotatable bonds is 4. The molecular formula is C25H23BrN4O2. The number of hydrogen-bond acceptors (Lipinski definition) is 3. The van der Waals surface area contributed by atoms with Crippen LogP contribution in [0.2, 0.25) is 0 Å². The predicted molar refractivity (Wildman–Crippen MR) is 127 cm³/mol. The van der Waals surface area contributed by atoms with Gasteiger partial charge in [-0.2, -0.15) is 5.10 Å². The van der Waals surface area contributed by atoms with Crippen molar-refractivity contribution in [2.24, 2.45) is 0 Å². The van der Waals surface area contributed by atoms with Crippen LogP contribution in [0, 0.1) is 13.8 Å². The van der Waals surface area contributed by atoms with E-state index in [0.717, 1.165) is 32.8 Å². The summed E-state index contributed by atoms with van der Waals surface area (Å²) in [6.45, 7) is 5.15. The van der Waals surface area contributed by atoms with Crippen molar-refractivity contribution in [3.05, 3.63) is 93.3 Å². The summed E-state index contributed by atoms with van der Waals surface area (Å²) in [5.41, 5.74) is 5.98. The molecule has 0 unspecified atom stereocenters. The molecule has 0 saturated heterocycles. The van der Waals surface area contributed by atoms with Crippen LogP contribution in [0.1, 0.15) is 32.7 Å². The van der Waals surface area contributed by atoms with Gasteiger partial charge < -0.3 is 14.2 Å². The van der Waals surface area contributed by atoms with Gasteiger partial charge in [-0.1, -0.05) is 17.7 Å². The van der Waals surface area contributed by atoms with Crippen molar-refractivity contribution >= 4 is 21.8 Å². The van der Waals surface area contributed by atoms with Crippen LogP contribution in [-0.2, 0) is 13.1 Å². The van der Waals surface area contributed by atoms with E-state index in [1.54, 1.807) is 13.2 Å². The second-order valence-electron chi connectivity index (χ2n) is 8.05. The number of carbonyl (C=O) groups is 1. The molecule has 4 aromatic rings. The fourth-order valence-electron chi connectivity index (χ4n) is 4.26. The number of aromatic nitrogens is 3. The topological polar surface area (TPSA) is 52.3 Å². The Morgan fingerprint density at radius 3 is 2.56 bits per heavy atom. The number of methoxy groups -OCH3 is 1. The van der Waals surface area contributed by atoms with E-state index in [0.29, 0.717) is 24.4 Å². The first-order valence-electron chi connectivity index (χ1n) is 10.4. The van der Waals surface area contributed by atoms with E-state index in [1.165, 1.54) is 5.56 Å². The van der Waals surface area contributed by atoms with E-state index in [1.807, 2.05) is 46.2 Å². The first-order valence-corrected chi connectivity index (χ1v) is 11.2. The number of aryl methyl sites for hydroxylation is 2. The molecule has 1 aliphatic rings. The summed E-state index contributed by atoms with van der Waals surface area (Å²) in [5, 5.41) is 4.96. The lowest BCUT2D eigenvalue weighted by Crippen LogP contribution is -2.26. The van der Waals surface area contributed by atoms with Gasteiger partial charge in [-0.3, -0.25) is 4.79 Å². The summed E-state index contributed by atoms with van der Waals surface area (Å²) in [7, 11) is 1.60. The normalized spacial score (nSPS) is 12.8. The van der Waals surface area contributed by atoms with E-state index in [-0.39, 0.29) is 5.91 Å². The molecule has 162 valence electrons. The Morgan fingerprint density at radius 1 is 1.06 bits per heavy atom. The zero-order valence-corrected chi connectivity index (χ0v) is 19.8. The molecule has 0 radical (unpaired) electrons. The summed E-state index contributed by atoms with van der Waals surface area (Å²) in [4.78, 5) is 15.2. The van der Waals surface area contributed by atoms with Crippen LogP contribution < -0.4 is 4.74 Å². The maximum Gasteiger partial charge on any atom is 0.255 e. The predicted octanol–water partition coefficient (Wildman–Crippen LogP) is 5.21. The Morgan fingerprint density at radius 2 is 1.84 bits per heavy atom. The zero-order chi connectivity index (χ0) is 22.4. The molecule has 3 heterocycles. The van der Waals surface area contributed by atoms with Gasteiger partial charge in [-0.15, -0.1) is 0 Å². The van der Waals surface area contributed by atoms with Crippen LogP contribution in [0.15, 0.2) is 65.4 Å². The summed E-state index contributed by atoms with van der Waals surface area (Å²) >= 11 is 3.51. The fourth-order valence-corrected chi connectivity index (χ4v) is 4.68. The van der Waals surface area contributed by atoms with E-state index < -0.39 is 0 Å². The third-order valence-electron chi connectivity index (χ3n) is 5.85. The third-order valence-corrected chi connectivity index (χ3v) is 6.54. The highest BCUT2D eigenvalue weighted by Gasteiger charge is 2.32. The van der Waals surface area contributed by atoms with Gasteiger partial charge in [0.1, 0.15) is 11.6 Å². The van der Waals surface area contributed by atoms with Crippen molar-refractivity contribution in [1.29, 1.82) is 0 Å². The lowest BCUT2D eigenvalue weighted by atomic mass is 10.1. The number of amides is 1. The van der Waals surface area contributed by atoms with Gasteiger partial charge in [-0.25, -0.2) is 4.68 Å². The molecule has 1 amide bonds. The van der Waals surface area contributed by atoms with Crippen LogP contribution in [0.3, 0.4) is 0 Å². The number of carbonyl (C=O) groups excluding carboxylic acids is 1. The van der Waals surface area contributed by atoms with Gasteiger partial charge in [0.05, 0.1) is 37.1 Å². The molecule has 2 aromatic heterocycles. The van der Waals surface area contributed by atoms with Crippen LogP contribution in [-0.4, -0.2) is 32.3 Å². The fraction of sp³-hybridized carbons (Fsp3) is 0.200. The third kappa shape index (κ3) is 3.42. The second-order valence-corrected chi connectivity index (χ2v) is 8.90. The van der Waals surface area contributed by atoms with Crippen LogP contribution >= 0.6 is 15.9 Å². The molecule has 0 saturated carbocycles. The van der Waals surface area contributed by atoms with Crippen molar-refractivity contribution in [2.75, 3.05) is 7.11 Å². The first-order chi connectivity index (χ1) is 15.5. The molecule has 0 aliphatic carbocycles. The number of hydrogen-bond donors (Lipinski definition) is 0. The average Bonchev–Trinajstić information content (AvgIpc) is 3.50. The van der Waals surface area contributed by atoms with Crippen molar-refractivity contribution in [2.45, 2.75) is 26.9 Å². The van der Waals surface area contributed by atoms with Crippen molar-refractivity contribution in [3.63, 3.8) is 0 Å². The molecular weight excluding hydrogens is 468 g/mol. The molecule has 0 bridgehead atoms. The number of benzene rings is 2. The number of ether oxygens (including phenoxy) is 1. The molecule has 5 rings (SSSR count). The van der Waals surface area contributed by atoms with Gasteiger partial charge in [0.25, 0.3) is 5.91 Å². The number of fused-ring (bicyclic) bond motifs is 1. The minimum Gasteiger partial charge on any atom is -0.497 e. The lowest BCUT2D eigenvalue weighted by Gasteiger charge is -2.19. The van der Waals surface area contributed by atoms with Gasteiger partial charge in [0.15, 0.2) is 0 Å². The molecule has 7 heteroatoms. The Labute approximate surface area is 195 Å². The van der Waals surface area contributed by atoms with E-state index in [9.17, 15) is 4.79 Å². The number of nitrogens with zero attached hydrogens (tertiary/aromatic N) is 4. The monoisotopic (exact) mass is 490 g/mol. The SMILES string of the molecule is COc1ccc(Br)c(C(=O)N2Cc3nn(-c4ccc(C)cc4C)c(-n4cccc4)c3C2)c1. The molecule has 0 N–H and O–H groups in total. The molecule has 0 spiro atoms. The Hall–Kier alpha value is -3.32. The average molecular weight is 491 g/mol. The molecule has 2 aromatic carbocycles. The number of halogens is 1. The highest BCUT2D eigenvalue weighted by molar-refractivity contribution is 9.10.